The molecule has 4 nitrogen and oxygen atoms in total. The molecule has 4 heterocycles. The smallest absolute Gasteiger partial charge is 0.209 e. The quantitative estimate of drug-likeness (QED) is 0.733. The van der Waals surface area contributed by atoms with Crippen molar-refractivity contribution < 1.29 is 4.79 Å². The lowest BCUT2D eigenvalue weighted by Gasteiger charge is -2.56. The summed E-state index contributed by atoms with van der Waals surface area (Å²) in [4.78, 5) is 17.9. The van der Waals surface area contributed by atoms with E-state index in [1.165, 1.54) is 45.4 Å². The maximum absolute atomic E-state index is 10.7. The fourth-order valence-electron chi connectivity index (χ4n) is 4.05. The number of piperazine rings is 1. The second kappa shape index (κ2) is 7.41. The van der Waals surface area contributed by atoms with Crippen molar-refractivity contribution >= 4 is 6.41 Å². The van der Waals surface area contributed by atoms with Gasteiger partial charge >= 0.3 is 0 Å². The number of nitrogens with zero attached hydrogens (tertiary/aromatic N) is 3. The molecular formula is C16H31N3O. The maximum atomic E-state index is 10.7. The van der Waals surface area contributed by atoms with Crippen LogP contribution in [0.1, 0.15) is 40.0 Å². The molecule has 0 aromatic heterocycles. The third-order valence-corrected chi connectivity index (χ3v) is 5.10. The molecule has 0 saturated carbocycles. The number of hydrogen-bond donors (Lipinski definition) is 0. The van der Waals surface area contributed by atoms with Crippen LogP contribution in [0.5, 0.6) is 0 Å². The Bertz CT molecular complexity index is 290. The summed E-state index contributed by atoms with van der Waals surface area (Å²) in [6, 6.07) is 1.67. The zero-order valence-corrected chi connectivity index (χ0v) is 13.4. The molecule has 0 aromatic rings. The van der Waals surface area contributed by atoms with Crippen molar-refractivity contribution in [2.75, 3.05) is 39.3 Å². The summed E-state index contributed by atoms with van der Waals surface area (Å²) in [6.45, 7) is 13.3. The van der Waals surface area contributed by atoms with Crippen LogP contribution in [0.2, 0.25) is 0 Å². The molecule has 0 aromatic carbocycles. The Labute approximate surface area is 124 Å². The molecule has 0 aliphatic carbocycles. The number of piperidine rings is 2. The van der Waals surface area contributed by atoms with Crippen molar-refractivity contribution in [2.24, 2.45) is 5.92 Å². The molecule has 4 heteroatoms. The molecule has 4 fully saturated rings. The van der Waals surface area contributed by atoms with Gasteiger partial charge in [0.1, 0.15) is 0 Å². The summed E-state index contributed by atoms with van der Waals surface area (Å²) in [5, 5.41) is 0. The highest BCUT2D eigenvalue weighted by molar-refractivity contribution is 5.47. The standard InChI is InChI=1S/C14H25N3O.C2H6/c1-2-17-13-7-14(17)10-16(9-13)8-12-3-5-15(11-18)6-4-12;1-2/h11-14H,2-10H2,1H3;1-2H3. The highest BCUT2D eigenvalue weighted by Crippen LogP contribution is 2.32. The van der Waals surface area contributed by atoms with Crippen LogP contribution in [-0.2, 0) is 4.79 Å². The number of carbonyl (C=O) groups is 1. The first-order valence-corrected chi connectivity index (χ1v) is 8.47. The third kappa shape index (κ3) is 3.34. The van der Waals surface area contributed by atoms with Gasteiger partial charge in [-0.25, -0.2) is 0 Å². The maximum Gasteiger partial charge on any atom is 0.209 e. The first-order valence-electron chi connectivity index (χ1n) is 8.47. The predicted molar refractivity (Wildman–Crippen MR) is 82.7 cm³/mol. The molecule has 4 saturated heterocycles. The van der Waals surface area contributed by atoms with Crippen LogP contribution < -0.4 is 0 Å². The van der Waals surface area contributed by atoms with Gasteiger partial charge in [-0.1, -0.05) is 20.8 Å². The Morgan fingerprint density at radius 2 is 1.70 bits per heavy atom. The van der Waals surface area contributed by atoms with Gasteiger partial charge in [0.2, 0.25) is 6.41 Å². The van der Waals surface area contributed by atoms with Gasteiger partial charge in [0.25, 0.3) is 0 Å². The van der Waals surface area contributed by atoms with E-state index < -0.39 is 0 Å². The first-order chi connectivity index (χ1) is 9.80. The molecule has 2 unspecified atom stereocenters. The van der Waals surface area contributed by atoms with Crippen molar-refractivity contribution in [2.45, 2.75) is 52.1 Å². The highest BCUT2D eigenvalue weighted by atomic mass is 16.1. The average Bonchev–Trinajstić information content (AvgIpc) is 2.50. The van der Waals surface area contributed by atoms with Crippen LogP contribution in [-0.4, -0.2) is 72.5 Å². The number of rotatable bonds is 4. The topological polar surface area (TPSA) is 26.8 Å². The number of carbonyl (C=O) groups excluding carboxylic acids is 1. The minimum Gasteiger partial charge on any atom is -0.345 e. The summed E-state index contributed by atoms with van der Waals surface area (Å²) in [5.74, 6) is 0.814. The molecule has 2 bridgehead atoms. The van der Waals surface area contributed by atoms with Gasteiger partial charge in [-0.2, -0.15) is 0 Å². The molecule has 1 amide bonds. The van der Waals surface area contributed by atoms with Crippen LogP contribution in [0.3, 0.4) is 0 Å². The minimum absolute atomic E-state index is 0.814. The van der Waals surface area contributed by atoms with Crippen molar-refractivity contribution in [3.8, 4) is 0 Å². The van der Waals surface area contributed by atoms with Gasteiger partial charge in [-0.15, -0.1) is 0 Å². The second-order valence-electron chi connectivity index (χ2n) is 6.18. The molecule has 20 heavy (non-hydrogen) atoms. The SMILES string of the molecule is CC.CCN1C2CC1CN(CC1CCN(C=O)CC1)C2. The third-order valence-electron chi connectivity index (χ3n) is 5.10. The number of fused-ring (bicyclic) bond motifs is 2. The first kappa shape index (κ1) is 15.8. The zero-order valence-electron chi connectivity index (χ0n) is 13.4. The van der Waals surface area contributed by atoms with Gasteiger partial charge in [0.15, 0.2) is 0 Å². The van der Waals surface area contributed by atoms with Gasteiger partial charge in [0, 0.05) is 44.8 Å². The second-order valence-corrected chi connectivity index (χ2v) is 6.18. The molecule has 4 aliphatic rings. The fraction of sp³-hybridized carbons (Fsp3) is 0.938. The lowest BCUT2D eigenvalue weighted by Crippen LogP contribution is -2.68. The average molecular weight is 281 g/mol. The molecule has 4 aliphatic heterocycles. The highest BCUT2D eigenvalue weighted by Gasteiger charge is 2.43. The Balaban J connectivity index is 0.000000704. The number of likely N-dealkylation sites (N-methyl/N-ethyl adjacent to an activating group) is 1. The van der Waals surface area contributed by atoms with Gasteiger partial charge < -0.3 is 4.90 Å². The van der Waals surface area contributed by atoms with Crippen LogP contribution >= 0.6 is 0 Å². The molecular weight excluding hydrogens is 250 g/mol. The lowest BCUT2D eigenvalue weighted by atomic mass is 9.86. The normalized spacial score (nSPS) is 31.2. The van der Waals surface area contributed by atoms with Crippen LogP contribution in [0, 0.1) is 5.92 Å². The summed E-state index contributed by atoms with van der Waals surface area (Å²) in [7, 11) is 0. The van der Waals surface area contributed by atoms with E-state index in [4.69, 9.17) is 0 Å². The van der Waals surface area contributed by atoms with Gasteiger partial charge in [0.05, 0.1) is 0 Å². The van der Waals surface area contributed by atoms with Crippen molar-refractivity contribution in [3.05, 3.63) is 0 Å². The Hall–Kier alpha value is -0.610. The van der Waals surface area contributed by atoms with E-state index in [1.807, 2.05) is 18.7 Å². The van der Waals surface area contributed by atoms with E-state index in [-0.39, 0.29) is 0 Å². The largest absolute Gasteiger partial charge is 0.345 e. The van der Waals surface area contributed by atoms with Crippen LogP contribution in [0.4, 0.5) is 0 Å². The van der Waals surface area contributed by atoms with E-state index >= 15 is 0 Å². The summed E-state index contributed by atoms with van der Waals surface area (Å²) in [6.07, 6.45) is 4.82. The van der Waals surface area contributed by atoms with Crippen molar-refractivity contribution in [1.29, 1.82) is 0 Å². The predicted octanol–water partition coefficient (Wildman–Crippen LogP) is 1.66. The molecule has 2 atom stereocenters. The van der Waals surface area contributed by atoms with E-state index in [0.717, 1.165) is 37.5 Å². The van der Waals surface area contributed by atoms with E-state index in [0.29, 0.717) is 0 Å². The van der Waals surface area contributed by atoms with Crippen molar-refractivity contribution in [1.82, 2.24) is 14.7 Å². The van der Waals surface area contributed by atoms with Gasteiger partial charge in [-0.05, 0) is 31.7 Å². The Morgan fingerprint density at radius 3 is 2.20 bits per heavy atom. The molecule has 0 radical (unpaired) electrons. The Kier molecular flexibility index (Phi) is 5.85. The van der Waals surface area contributed by atoms with Gasteiger partial charge in [-0.3, -0.25) is 14.6 Å². The lowest BCUT2D eigenvalue weighted by molar-refractivity contribution is -0.119. The monoisotopic (exact) mass is 281 g/mol. The van der Waals surface area contributed by atoms with E-state index in [2.05, 4.69) is 16.7 Å². The molecule has 4 rings (SSSR count). The molecule has 0 spiro atoms. The molecule has 116 valence electrons. The fourth-order valence-corrected chi connectivity index (χ4v) is 4.05. The van der Waals surface area contributed by atoms with E-state index in [1.54, 1.807) is 0 Å². The number of hydrogen-bond acceptors (Lipinski definition) is 3. The molecule has 0 N–H and O–H groups in total. The minimum atomic E-state index is 0.814. The number of likely N-dealkylation sites (tertiary alicyclic amines) is 1. The zero-order chi connectivity index (χ0) is 14.5. The summed E-state index contributed by atoms with van der Waals surface area (Å²) >= 11 is 0. The van der Waals surface area contributed by atoms with Crippen molar-refractivity contribution in [3.63, 3.8) is 0 Å². The van der Waals surface area contributed by atoms with Crippen LogP contribution in [0.25, 0.3) is 0 Å². The van der Waals surface area contributed by atoms with E-state index in [9.17, 15) is 4.79 Å². The Morgan fingerprint density at radius 1 is 1.10 bits per heavy atom. The summed E-state index contributed by atoms with van der Waals surface area (Å²) in [5.41, 5.74) is 0. The summed E-state index contributed by atoms with van der Waals surface area (Å²) < 4.78 is 0. The number of amides is 1. The van der Waals surface area contributed by atoms with Crippen LogP contribution in [0.15, 0.2) is 0 Å².